The topological polar surface area (TPSA) is 28.7 Å². The van der Waals surface area contributed by atoms with Crippen LogP contribution in [0.5, 0.6) is 0 Å². The number of benzene rings is 2. The number of aromatic nitrogens is 1. The summed E-state index contributed by atoms with van der Waals surface area (Å²) in [5.74, 6) is 0. The van der Waals surface area contributed by atoms with E-state index in [1.165, 1.54) is 10.9 Å². The molecule has 0 saturated carbocycles. The van der Waals surface area contributed by atoms with E-state index in [0.29, 0.717) is 13.0 Å². The van der Waals surface area contributed by atoms with Gasteiger partial charge in [0.05, 0.1) is 12.5 Å². The Bertz CT molecular complexity index is 750. The number of hydrogen-bond donors (Lipinski definition) is 0. The van der Waals surface area contributed by atoms with Crippen LogP contribution in [0.2, 0.25) is 5.02 Å². The third-order valence-electron chi connectivity index (χ3n) is 3.43. The summed E-state index contributed by atoms with van der Waals surface area (Å²) in [5, 5.41) is 11.9. The maximum Gasteiger partial charge on any atom is 0.0640 e. The van der Waals surface area contributed by atoms with Crippen LogP contribution in [-0.4, -0.2) is 4.57 Å². The van der Waals surface area contributed by atoms with Crippen LogP contribution in [0.1, 0.15) is 12.0 Å². The number of rotatable bonds is 2. The van der Waals surface area contributed by atoms with Crippen molar-refractivity contribution in [2.24, 2.45) is 0 Å². The van der Waals surface area contributed by atoms with Crippen LogP contribution >= 0.6 is 11.6 Å². The highest BCUT2D eigenvalue weighted by Gasteiger charge is 2.10. The smallest absolute Gasteiger partial charge is 0.0640 e. The lowest BCUT2D eigenvalue weighted by Gasteiger charge is -2.04. The summed E-state index contributed by atoms with van der Waals surface area (Å²) in [4.78, 5) is 0. The molecule has 0 fully saturated rings. The molecule has 3 heteroatoms. The van der Waals surface area contributed by atoms with E-state index in [0.717, 1.165) is 21.4 Å². The maximum absolute atomic E-state index is 8.81. The van der Waals surface area contributed by atoms with Crippen LogP contribution in [0.4, 0.5) is 0 Å². The zero-order valence-electron chi connectivity index (χ0n) is 10.7. The largest absolute Gasteiger partial charge is 0.339 e. The first-order chi connectivity index (χ1) is 9.20. The summed E-state index contributed by atoms with van der Waals surface area (Å²) >= 11 is 6.11. The van der Waals surface area contributed by atoms with Crippen LogP contribution in [0.25, 0.3) is 21.8 Å². The lowest BCUT2D eigenvalue weighted by molar-refractivity contribution is 0.768. The van der Waals surface area contributed by atoms with Crippen molar-refractivity contribution in [1.29, 1.82) is 5.26 Å². The van der Waals surface area contributed by atoms with Crippen LogP contribution < -0.4 is 0 Å². The van der Waals surface area contributed by atoms with Crippen molar-refractivity contribution in [3.63, 3.8) is 0 Å². The van der Waals surface area contributed by atoms with Crippen LogP contribution in [0, 0.1) is 18.3 Å². The van der Waals surface area contributed by atoms with Crippen LogP contribution in [0.3, 0.4) is 0 Å². The highest BCUT2D eigenvalue weighted by atomic mass is 35.5. The predicted octanol–water partition coefficient (Wildman–Crippen LogP) is 4.67. The number of nitrogens with zero attached hydrogens (tertiary/aromatic N) is 2. The first-order valence-corrected chi connectivity index (χ1v) is 6.63. The second kappa shape index (κ2) is 4.60. The maximum atomic E-state index is 8.81. The molecule has 0 aliphatic rings. The third-order valence-corrected chi connectivity index (χ3v) is 3.66. The molecule has 2 nitrogen and oxygen atoms in total. The molecule has 0 saturated heterocycles. The van der Waals surface area contributed by atoms with Gasteiger partial charge in [0.1, 0.15) is 0 Å². The van der Waals surface area contributed by atoms with Crippen molar-refractivity contribution in [3.05, 3.63) is 47.0 Å². The van der Waals surface area contributed by atoms with Crippen molar-refractivity contribution >= 4 is 33.4 Å². The average Bonchev–Trinajstić information content (AvgIpc) is 2.69. The molecule has 3 aromatic rings. The number of halogens is 1. The van der Waals surface area contributed by atoms with Crippen molar-refractivity contribution in [2.45, 2.75) is 19.9 Å². The second-order valence-corrected chi connectivity index (χ2v) is 5.18. The molecule has 94 valence electrons. The SMILES string of the molecule is Cc1ccc2c(c1)c1cc(Cl)ccc1n2CCC#N. The number of nitriles is 1. The Morgan fingerprint density at radius 2 is 1.79 bits per heavy atom. The van der Waals surface area contributed by atoms with Gasteiger partial charge in [0, 0.05) is 33.4 Å². The van der Waals surface area contributed by atoms with Gasteiger partial charge >= 0.3 is 0 Å². The molecule has 0 radical (unpaired) electrons. The van der Waals surface area contributed by atoms with E-state index in [2.05, 4.69) is 35.8 Å². The molecule has 0 spiro atoms. The van der Waals surface area contributed by atoms with E-state index >= 15 is 0 Å². The van der Waals surface area contributed by atoms with Gasteiger partial charge in [0.25, 0.3) is 0 Å². The molecule has 0 bridgehead atoms. The Morgan fingerprint density at radius 1 is 1.11 bits per heavy atom. The van der Waals surface area contributed by atoms with Gasteiger partial charge < -0.3 is 4.57 Å². The van der Waals surface area contributed by atoms with E-state index in [1.54, 1.807) is 0 Å². The average molecular weight is 269 g/mol. The minimum atomic E-state index is 0.509. The Kier molecular flexibility index (Phi) is 2.93. The minimum Gasteiger partial charge on any atom is -0.339 e. The molecule has 0 amide bonds. The molecular weight excluding hydrogens is 256 g/mol. The van der Waals surface area contributed by atoms with Gasteiger partial charge in [-0.2, -0.15) is 5.26 Å². The summed E-state index contributed by atoms with van der Waals surface area (Å²) in [5.41, 5.74) is 3.53. The quantitative estimate of drug-likeness (QED) is 0.664. The highest BCUT2D eigenvalue weighted by Crippen LogP contribution is 2.31. The predicted molar refractivity (Wildman–Crippen MR) is 79.4 cm³/mol. The molecule has 19 heavy (non-hydrogen) atoms. The van der Waals surface area contributed by atoms with Crippen molar-refractivity contribution in [1.82, 2.24) is 4.57 Å². The lowest BCUT2D eigenvalue weighted by Crippen LogP contribution is -1.96. The zero-order valence-corrected chi connectivity index (χ0v) is 11.4. The van der Waals surface area contributed by atoms with E-state index < -0.39 is 0 Å². The Morgan fingerprint density at radius 3 is 2.53 bits per heavy atom. The first-order valence-electron chi connectivity index (χ1n) is 6.26. The van der Waals surface area contributed by atoms with Crippen molar-refractivity contribution in [2.75, 3.05) is 0 Å². The molecule has 0 aliphatic heterocycles. The molecule has 3 rings (SSSR count). The summed E-state index contributed by atoms with van der Waals surface area (Å²) in [7, 11) is 0. The summed E-state index contributed by atoms with van der Waals surface area (Å²) < 4.78 is 2.20. The molecular formula is C16H13ClN2. The molecule has 0 atom stereocenters. The molecule has 0 unspecified atom stereocenters. The third kappa shape index (κ3) is 1.97. The van der Waals surface area contributed by atoms with Gasteiger partial charge in [0.15, 0.2) is 0 Å². The Labute approximate surface area is 116 Å². The summed E-state index contributed by atoms with van der Waals surface area (Å²) in [6, 6.07) is 14.5. The van der Waals surface area contributed by atoms with Gasteiger partial charge in [-0.15, -0.1) is 0 Å². The van der Waals surface area contributed by atoms with Gasteiger partial charge in [-0.1, -0.05) is 23.2 Å². The molecule has 1 aromatic heterocycles. The fraction of sp³-hybridized carbons (Fsp3) is 0.188. The van der Waals surface area contributed by atoms with E-state index in [9.17, 15) is 0 Å². The van der Waals surface area contributed by atoms with E-state index in [-0.39, 0.29) is 0 Å². The summed E-state index contributed by atoms with van der Waals surface area (Å²) in [6.45, 7) is 2.80. The number of fused-ring (bicyclic) bond motifs is 3. The van der Waals surface area contributed by atoms with Crippen LogP contribution in [0.15, 0.2) is 36.4 Å². The molecule has 0 aliphatic carbocycles. The standard InChI is InChI=1S/C16H13ClN2/c1-11-3-5-15-13(9-11)14-10-12(17)4-6-16(14)19(15)8-2-7-18/h3-6,9-10H,2,8H2,1H3. The molecule has 1 heterocycles. The Balaban J connectivity index is 2.40. The number of hydrogen-bond acceptors (Lipinski definition) is 1. The second-order valence-electron chi connectivity index (χ2n) is 4.74. The van der Waals surface area contributed by atoms with Crippen molar-refractivity contribution < 1.29 is 0 Å². The van der Waals surface area contributed by atoms with E-state index in [4.69, 9.17) is 16.9 Å². The van der Waals surface area contributed by atoms with Crippen molar-refractivity contribution in [3.8, 4) is 6.07 Å². The Hall–Kier alpha value is -1.98. The first kappa shape index (κ1) is 12.1. The van der Waals surface area contributed by atoms with Gasteiger partial charge in [0.2, 0.25) is 0 Å². The zero-order chi connectivity index (χ0) is 13.4. The van der Waals surface area contributed by atoms with Gasteiger partial charge in [-0.25, -0.2) is 0 Å². The summed E-state index contributed by atoms with van der Waals surface area (Å²) in [6.07, 6.45) is 0.509. The van der Waals surface area contributed by atoms with Crippen LogP contribution in [-0.2, 0) is 6.54 Å². The number of aryl methyl sites for hydroxylation is 2. The molecule has 2 aromatic carbocycles. The van der Waals surface area contributed by atoms with Gasteiger partial charge in [-0.05, 0) is 37.3 Å². The fourth-order valence-corrected chi connectivity index (χ4v) is 2.76. The normalized spacial score (nSPS) is 11.0. The minimum absolute atomic E-state index is 0.509. The van der Waals surface area contributed by atoms with E-state index in [1.807, 2.05) is 18.2 Å². The monoisotopic (exact) mass is 268 g/mol. The van der Waals surface area contributed by atoms with Gasteiger partial charge in [-0.3, -0.25) is 0 Å². The lowest BCUT2D eigenvalue weighted by atomic mass is 10.1. The molecule has 0 N–H and O–H groups in total. The highest BCUT2D eigenvalue weighted by molar-refractivity contribution is 6.31. The fourth-order valence-electron chi connectivity index (χ4n) is 2.59.